The summed E-state index contributed by atoms with van der Waals surface area (Å²) in [7, 11) is 0. The molecule has 0 aromatic carbocycles. The van der Waals surface area contributed by atoms with Crippen molar-refractivity contribution in [3.8, 4) is 0 Å². The first kappa shape index (κ1) is 5.76. The van der Waals surface area contributed by atoms with Gasteiger partial charge in [-0.25, -0.2) is 0 Å². The minimum absolute atomic E-state index is 1.02. The minimum Gasteiger partial charge on any atom is -0.0530 e. The monoisotopic (exact) mass is 123 g/mol. The van der Waals surface area contributed by atoms with E-state index in [0.717, 1.165) is 17.8 Å². The van der Waals surface area contributed by atoms with Crippen molar-refractivity contribution in [1.82, 2.24) is 0 Å². The smallest absolute Gasteiger partial charge is 0.0355 e. The van der Waals surface area contributed by atoms with Gasteiger partial charge < -0.3 is 0 Å². The molecular weight excluding hydrogens is 108 g/mol. The van der Waals surface area contributed by atoms with Crippen molar-refractivity contribution < 1.29 is 0 Å². The van der Waals surface area contributed by atoms with Gasteiger partial charge in [0.25, 0.3) is 0 Å². The van der Waals surface area contributed by atoms with Gasteiger partial charge in [-0.05, 0) is 24.2 Å². The van der Waals surface area contributed by atoms with Gasteiger partial charge in [-0.3, -0.25) is 0 Å². The molecule has 0 aliphatic heterocycles. The van der Waals surface area contributed by atoms with Crippen LogP contribution in [0.2, 0.25) is 0 Å². The zero-order valence-electron chi connectivity index (χ0n) is 5.97. The van der Waals surface area contributed by atoms with Crippen LogP contribution in [0, 0.1) is 24.7 Å². The van der Waals surface area contributed by atoms with E-state index in [9.17, 15) is 0 Å². The van der Waals surface area contributed by atoms with E-state index in [-0.39, 0.29) is 0 Å². The van der Waals surface area contributed by atoms with Crippen molar-refractivity contribution >= 4 is 0 Å². The van der Waals surface area contributed by atoms with Crippen molar-refractivity contribution in [3.63, 3.8) is 0 Å². The standard InChI is InChI=1S/C9H15/c1-2-7-4-3-5-8-6-9(7)8/h7-9H,1-6H2. The molecule has 2 saturated carbocycles. The lowest BCUT2D eigenvalue weighted by Gasteiger charge is -2.18. The van der Waals surface area contributed by atoms with Crippen LogP contribution in [0.4, 0.5) is 0 Å². The average Bonchev–Trinajstić information content (AvgIpc) is 2.64. The summed E-state index contributed by atoms with van der Waals surface area (Å²) in [5.74, 6) is 3.28. The average molecular weight is 123 g/mol. The molecular formula is C9H15. The molecule has 3 atom stereocenters. The Hall–Kier alpha value is 0. The molecule has 0 saturated heterocycles. The summed E-state index contributed by atoms with van der Waals surface area (Å²) in [5.41, 5.74) is 0. The van der Waals surface area contributed by atoms with Gasteiger partial charge in [0.1, 0.15) is 0 Å². The van der Waals surface area contributed by atoms with Crippen LogP contribution in [0.5, 0.6) is 0 Å². The third-order valence-electron chi connectivity index (χ3n) is 3.10. The third-order valence-corrected chi connectivity index (χ3v) is 3.10. The summed E-state index contributed by atoms with van der Waals surface area (Å²) in [6, 6.07) is 0. The quantitative estimate of drug-likeness (QED) is 0.503. The maximum Gasteiger partial charge on any atom is -0.0355 e. The maximum absolute atomic E-state index is 3.99. The Morgan fingerprint density at radius 2 is 2.22 bits per heavy atom. The SMILES string of the molecule is [CH2]CC1CCCC2CC12. The van der Waals surface area contributed by atoms with E-state index in [1.165, 1.54) is 25.7 Å². The molecule has 0 nitrogen and oxygen atoms in total. The maximum atomic E-state index is 3.99. The Morgan fingerprint density at radius 1 is 1.33 bits per heavy atom. The Balaban J connectivity index is 1.93. The van der Waals surface area contributed by atoms with Crippen molar-refractivity contribution in [2.24, 2.45) is 17.8 Å². The molecule has 0 aromatic heterocycles. The predicted octanol–water partition coefficient (Wildman–Crippen LogP) is 2.65. The topological polar surface area (TPSA) is 0 Å². The van der Waals surface area contributed by atoms with E-state index < -0.39 is 0 Å². The van der Waals surface area contributed by atoms with Gasteiger partial charge in [0.05, 0.1) is 0 Å². The van der Waals surface area contributed by atoms with Gasteiger partial charge >= 0.3 is 0 Å². The fraction of sp³-hybridized carbons (Fsp3) is 0.889. The van der Waals surface area contributed by atoms with Gasteiger partial charge in [-0.2, -0.15) is 0 Å². The lowest BCUT2D eigenvalue weighted by atomic mass is 9.87. The van der Waals surface area contributed by atoms with E-state index in [1.807, 2.05) is 0 Å². The molecule has 0 aromatic rings. The molecule has 3 unspecified atom stereocenters. The predicted molar refractivity (Wildman–Crippen MR) is 38.9 cm³/mol. The molecule has 0 heterocycles. The first-order valence-corrected chi connectivity index (χ1v) is 4.21. The fourth-order valence-corrected chi connectivity index (χ4v) is 2.40. The van der Waals surface area contributed by atoms with E-state index in [0.29, 0.717) is 0 Å². The van der Waals surface area contributed by atoms with Gasteiger partial charge in [-0.1, -0.05) is 32.6 Å². The zero-order valence-corrected chi connectivity index (χ0v) is 5.97. The summed E-state index contributed by atoms with van der Waals surface area (Å²) in [4.78, 5) is 0. The van der Waals surface area contributed by atoms with Crippen molar-refractivity contribution in [2.45, 2.75) is 32.1 Å². The van der Waals surface area contributed by atoms with Crippen LogP contribution in [0.1, 0.15) is 32.1 Å². The van der Waals surface area contributed by atoms with E-state index in [4.69, 9.17) is 0 Å². The molecule has 51 valence electrons. The highest BCUT2D eigenvalue weighted by Gasteiger charge is 2.43. The minimum atomic E-state index is 1.02. The fourth-order valence-electron chi connectivity index (χ4n) is 2.40. The normalized spacial score (nSPS) is 48.3. The largest absolute Gasteiger partial charge is 0.0530 e. The lowest BCUT2D eigenvalue weighted by molar-refractivity contribution is 0.337. The number of hydrogen-bond acceptors (Lipinski definition) is 0. The van der Waals surface area contributed by atoms with Gasteiger partial charge in [0.15, 0.2) is 0 Å². The Labute approximate surface area is 57.6 Å². The van der Waals surface area contributed by atoms with Crippen LogP contribution in [-0.2, 0) is 0 Å². The second-order valence-corrected chi connectivity index (χ2v) is 3.64. The first-order valence-electron chi connectivity index (χ1n) is 4.21. The van der Waals surface area contributed by atoms with Crippen LogP contribution < -0.4 is 0 Å². The Bertz CT molecular complexity index is 107. The molecule has 1 radical (unpaired) electrons. The molecule has 0 heteroatoms. The highest BCUT2D eigenvalue weighted by atomic mass is 14.5. The Morgan fingerprint density at radius 3 is 2.89 bits per heavy atom. The van der Waals surface area contributed by atoms with E-state index in [1.54, 1.807) is 6.42 Å². The first-order chi connectivity index (χ1) is 4.42. The summed E-state index contributed by atoms with van der Waals surface area (Å²) < 4.78 is 0. The number of hydrogen-bond donors (Lipinski definition) is 0. The summed E-state index contributed by atoms with van der Waals surface area (Å²) in [6.07, 6.45) is 7.23. The molecule has 2 aliphatic rings. The molecule has 9 heavy (non-hydrogen) atoms. The van der Waals surface area contributed by atoms with Crippen molar-refractivity contribution in [1.29, 1.82) is 0 Å². The van der Waals surface area contributed by atoms with Crippen LogP contribution in [0.3, 0.4) is 0 Å². The zero-order chi connectivity index (χ0) is 6.27. The molecule has 2 aliphatic carbocycles. The highest BCUT2D eigenvalue weighted by molar-refractivity contribution is 4.94. The van der Waals surface area contributed by atoms with E-state index >= 15 is 0 Å². The third kappa shape index (κ3) is 0.889. The van der Waals surface area contributed by atoms with Gasteiger partial charge in [-0.15, -0.1) is 0 Å². The molecule has 2 fully saturated rings. The van der Waals surface area contributed by atoms with Crippen LogP contribution in [-0.4, -0.2) is 0 Å². The van der Waals surface area contributed by atoms with Crippen LogP contribution in [0.25, 0.3) is 0 Å². The summed E-state index contributed by atoms with van der Waals surface area (Å²) in [5, 5.41) is 0. The van der Waals surface area contributed by atoms with Gasteiger partial charge in [0, 0.05) is 0 Å². The molecule has 2 rings (SSSR count). The summed E-state index contributed by atoms with van der Waals surface area (Å²) >= 11 is 0. The summed E-state index contributed by atoms with van der Waals surface area (Å²) in [6.45, 7) is 3.99. The van der Waals surface area contributed by atoms with Crippen LogP contribution >= 0.6 is 0 Å². The van der Waals surface area contributed by atoms with Crippen LogP contribution in [0.15, 0.2) is 0 Å². The number of fused-ring (bicyclic) bond motifs is 1. The molecule has 0 amide bonds. The van der Waals surface area contributed by atoms with Crippen molar-refractivity contribution in [3.05, 3.63) is 6.92 Å². The van der Waals surface area contributed by atoms with E-state index in [2.05, 4.69) is 6.92 Å². The second kappa shape index (κ2) is 2.00. The highest BCUT2D eigenvalue weighted by Crippen LogP contribution is 2.53. The van der Waals surface area contributed by atoms with Crippen molar-refractivity contribution in [2.75, 3.05) is 0 Å². The molecule has 0 bridgehead atoms. The van der Waals surface area contributed by atoms with Gasteiger partial charge in [0.2, 0.25) is 0 Å². The number of rotatable bonds is 1. The second-order valence-electron chi connectivity index (χ2n) is 3.64. The Kier molecular flexibility index (Phi) is 1.28. The molecule has 0 spiro atoms. The molecule has 0 N–H and O–H groups in total. The lowest BCUT2D eigenvalue weighted by Crippen LogP contribution is -2.08.